The Labute approximate surface area is 105 Å². The molecule has 0 spiro atoms. The summed E-state index contributed by atoms with van der Waals surface area (Å²) in [6, 6.07) is 4.56. The van der Waals surface area contributed by atoms with Crippen molar-refractivity contribution in [3.63, 3.8) is 0 Å². The fourth-order valence-corrected chi connectivity index (χ4v) is 2.34. The van der Waals surface area contributed by atoms with Gasteiger partial charge in [0.15, 0.2) is 0 Å². The molecule has 0 aliphatic carbocycles. The smallest absolute Gasteiger partial charge is 0.407 e. The van der Waals surface area contributed by atoms with Gasteiger partial charge in [-0.05, 0) is 36.6 Å². The summed E-state index contributed by atoms with van der Waals surface area (Å²) in [6.45, 7) is 3.67. The van der Waals surface area contributed by atoms with Gasteiger partial charge in [0, 0.05) is 19.6 Å². The largest absolute Gasteiger partial charge is 0.465 e. The number of carbonyl (C=O) groups is 1. The van der Waals surface area contributed by atoms with Crippen molar-refractivity contribution in [3.8, 4) is 0 Å². The highest BCUT2D eigenvalue weighted by atomic mass is 19.1. The minimum atomic E-state index is -0.888. The molecule has 1 heterocycles. The van der Waals surface area contributed by atoms with E-state index in [4.69, 9.17) is 5.11 Å². The van der Waals surface area contributed by atoms with Gasteiger partial charge in [-0.1, -0.05) is 6.07 Å². The lowest BCUT2D eigenvalue weighted by molar-refractivity contribution is 0.112. The Balaban J connectivity index is 2.13. The number of hydrogen-bond acceptors (Lipinski definition) is 2. The SMILES string of the molecule is Cc1cc(F)ccc1CC1CNCCN1C(=O)O. The van der Waals surface area contributed by atoms with Crippen LogP contribution < -0.4 is 5.32 Å². The number of nitrogens with zero attached hydrogens (tertiary/aromatic N) is 1. The molecule has 1 aliphatic rings. The monoisotopic (exact) mass is 252 g/mol. The van der Waals surface area contributed by atoms with E-state index in [-0.39, 0.29) is 11.9 Å². The highest BCUT2D eigenvalue weighted by Gasteiger charge is 2.26. The molecule has 0 radical (unpaired) electrons. The van der Waals surface area contributed by atoms with E-state index >= 15 is 0 Å². The van der Waals surface area contributed by atoms with Crippen LogP contribution in [0, 0.1) is 12.7 Å². The normalized spacial score (nSPS) is 19.9. The van der Waals surface area contributed by atoms with Gasteiger partial charge in [0.2, 0.25) is 0 Å². The molecule has 0 aromatic heterocycles. The first-order valence-electron chi connectivity index (χ1n) is 6.03. The summed E-state index contributed by atoms with van der Waals surface area (Å²) in [5.41, 5.74) is 1.86. The minimum Gasteiger partial charge on any atom is -0.465 e. The Hall–Kier alpha value is -1.62. The predicted molar refractivity (Wildman–Crippen MR) is 66.2 cm³/mol. The van der Waals surface area contributed by atoms with Crippen LogP contribution in [0.3, 0.4) is 0 Å². The highest BCUT2D eigenvalue weighted by molar-refractivity contribution is 5.65. The van der Waals surface area contributed by atoms with E-state index in [2.05, 4.69) is 5.32 Å². The van der Waals surface area contributed by atoms with Gasteiger partial charge in [0.05, 0.1) is 6.04 Å². The van der Waals surface area contributed by atoms with E-state index < -0.39 is 6.09 Å². The molecule has 2 rings (SSSR count). The fraction of sp³-hybridized carbons (Fsp3) is 0.462. The topological polar surface area (TPSA) is 52.6 Å². The Kier molecular flexibility index (Phi) is 3.81. The lowest BCUT2D eigenvalue weighted by Gasteiger charge is -2.34. The molecule has 1 atom stereocenters. The summed E-state index contributed by atoms with van der Waals surface area (Å²) in [6.07, 6.45) is -0.271. The van der Waals surface area contributed by atoms with E-state index in [1.54, 1.807) is 6.07 Å². The molecule has 1 amide bonds. The molecule has 0 saturated carbocycles. The number of aryl methyl sites for hydroxylation is 1. The van der Waals surface area contributed by atoms with Crippen molar-refractivity contribution >= 4 is 6.09 Å². The van der Waals surface area contributed by atoms with Gasteiger partial charge >= 0.3 is 6.09 Å². The first-order valence-corrected chi connectivity index (χ1v) is 6.03. The third-order valence-corrected chi connectivity index (χ3v) is 3.36. The average Bonchev–Trinajstić information content (AvgIpc) is 2.33. The van der Waals surface area contributed by atoms with E-state index in [1.807, 2.05) is 6.92 Å². The van der Waals surface area contributed by atoms with Crippen molar-refractivity contribution in [1.29, 1.82) is 0 Å². The summed E-state index contributed by atoms with van der Waals surface area (Å²) >= 11 is 0. The Morgan fingerprint density at radius 1 is 1.61 bits per heavy atom. The lowest BCUT2D eigenvalue weighted by Crippen LogP contribution is -2.54. The molecule has 1 saturated heterocycles. The zero-order valence-corrected chi connectivity index (χ0v) is 10.3. The van der Waals surface area contributed by atoms with Crippen LogP contribution in [0.2, 0.25) is 0 Å². The second-order valence-electron chi connectivity index (χ2n) is 4.61. The molecular weight excluding hydrogens is 235 g/mol. The first kappa shape index (κ1) is 12.8. The Morgan fingerprint density at radius 3 is 3.06 bits per heavy atom. The number of rotatable bonds is 2. The lowest BCUT2D eigenvalue weighted by atomic mass is 9.99. The van der Waals surface area contributed by atoms with Gasteiger partial charge < -0.3 is 15.3 Å². The summed E-state index contributed by atoms with van der Waals surface area (Å²) in [5, 5.41) is 12.3. The zero-order chi connectivity index (χ0) is 13.1. The van der Waals surface area contributed by atoms with Gasteiger partial charge in [0.1, 0.15) is 5.82 Å². The third kappa shape index (κ3) is 2.79. The molecule has 1 aromatic carbocycles. The zero-order valence-electron chi connectivity index (χ0n) is 10.3. The van der Waals surface area contributed by atoms with Gasteiger partial charge in [-0.15, -0.1) is 0 Å². The van der Waals surface area contributed by atoms with Crippen molar-refractivity contribution in [2.75, 3.05) is 19.6 Å². The molecule has 1 aromatic rings. The number of carboxylic acid groups (broad SMARTS) is 1. The van der Waals surface area contributed by atoms with Crippen LogP contribution in [-0.2, 0) is 6.42 Å². The number of halogens is 1. The Morgan fingerprint density at radius 2 is 2.39 bits per heavy atom. The van der Waals surface area contributed by atoms with Crippen LogP contribution in [0.4, 0.5) is 9.18 Å². The number of piperazine rings is 1. The number of hydrogen-bond donors (Lipinski definition) is 2. The van der Waals surface area contributed by atoms with E-state index in [0.29, 0.717) is 26.1 Å². The molecule has 1 unspecified atom stereocenters. The minimum absolute atomic E-state index is 0.0830. The van der Waals surface area contributed by atoms with Crippen LogP contribution in [0.25, 0.3) is 0 Å². The molecule has 2 N–H and O–H groups in total. The van der Waals surface area contributed by atoms with E-state index in [0.717, 1.165) is 11.1 Å². The molecule has 0 bridgehead atoms. The maximum atomic E-state index is 13.0. The van der Waals surface area contributed by atoms with Crippen molar-refractivity contribution in [2.24, 2.45) is 0 Å². The highest BCUT2D eigenvalue weighted by Crippen LogP contribution is 2.16. The Bertz CT molecular complexity index is 451. The molecular formula is C13H17FN2O2. The van der Waals surface area contributed by atoms with Crippen LogP contribution in [0.15, 0.2) is 18.2 Å². The van der Waals surface area contributed by atoms with E-state index in [1.165, 1.54) is 17.0 Å². The number of benzene rings is 1. The maximum Gasteiger partial charge on any atom is 0.407 e. The van der Waals surface area contributed by atoms with Crippen molar-refractivity contribution in [3.05, 3.63) is 35.1 Å². The van der Waals surface area contributed by atoms with Crippen molar-refractivity contribution < 1.29 is 14.3 Å². The fourth-order valence-electron chi connectivity index (χ4n) is 2.34. The number of amides is 1. The van der Waals surface area contributed by atoms with Crippen LogP contribution in [-0.4, -0.2) is 41.8 Å². The average molecular weight is 252 g/mol. The van der Waals surface area contributed by atoms with Crippen LogP contribution in [0.5, 0.6) is 0 Å². The molecule has 1 fully saturated rings. The van der Waals surface area contributed by atoms with Gasteiger partial charge in [0.25, 0.3) is 0 Å². The summed E-state index contributed by atoms with van der Waals surface area (Å²) in [5.74, 6) is -0.256. The first-order chi connectivity index (χ1) is 8.58. The van der Waals surface area contributed by atoms with E-state index in [9.17, 15) is 9.18 Å². The summed E-state index contributed by atoms with van der Waals surface area (Å²) < 4.78 is 13.0. The number of nitrogens with one attached hydrogen (secondary N) is 1. The van der Waals surface area contributed by atoms with Crippen molar-refractivity contribution in [1.82, 2.24) is 10.2 Å². The summed E-state index contributed by atoms with van der Waals surface area (Å²) in [7, 11) is 0. The van der Waals surface area contributed by atoms with Crippen LogP contribution in [0.1, 0.15) is 11.1 Å². The second kappa shape index (κ2) is 5.35. The molecule has 98 valence electrons. The quantitative estimate of drug-likeness (QED) is 0.841. The standard InChI is InChI=1S/C13H17FN2O2/c1-9-6-11(14)3-2-10(9)7-12-8-15-4-5-16(12)13(17)18/h2-3,6,12,15H,4-5,7-8H2,1H3,(H,17,18). The van der Waals surface area contributed by atoms with Crippen LogP contribution >= 0.6 is 0 Å². The molecule has 4 nitrogen and oxygen atoms in total. The molecule has 1 aliphatic heterocycles. The molecule has 5 heteroatoms. The predicted octanol–water partition coefficient (Wildman–Crippen LogP) is 1.63. The second-order valence-corrected chi connectivity index (χ2v) is 4.61. The van der Waals surface area contributed by atoms with Gasteiger partial charge in [-0.3, -0.25) is 0 Å². The van der Waals surface area contributed by atoms with Gasteiger partial charge in [-0.25, -0.2) is 9.18 Å². The molecule has 18 heavy (non-hydrogen) atoms. The third-order valence-electron chi connectivity index (χ3n) is 3.36. The van der Waals surface area contributed by atoms with Gasteiger partial charge in [-0.2, -0.15) is 0 Å². The summed E-state index contributed by atoms with van der Waals surface area (Å²) in [4.78, 5) is 12.6. The maximum absolute atomic E-state index is 13.0. The van der Waals surface area contributed by atoms with Crippen molar-refractivity contribution in [2.45, 2.75) is 19.4 Å².